The molecule has 17 heavy (non-hydrogen) atoms. The molecule has 0 saturated carbocycles. The first-order chi connectivity index (χ1) is 7.88. The molecule has 0 aliphatic carbocycles. The Kier molecular flexibility index (Phi) is 4.10. The van der Waals surface area contributed by atoms with Gasteiger partial charge in [0.25, 0.3) is 0 Å². The van der Waals surface area contributed by atoms with Crippen molar-refractivity contribution in [3.63, 3.8) is 0 Å². The monoisotopic (exact) mass is 298 g/mol. The number of aliphatic hydroxyl groups is 1. The van der Waals surface area contributed by atoms with E-state index in [-0.39, 0.29) is 6.54 Å². The van der Waals surface area contributed by atoms with Gasteiger partial charge in [0.15, 0.2) is 5.60 Å². The number of anilines is 1. The van der Waals surface area contributed by atoms with Gasteiger partial charge in [0, 0.05) is 4.47 Å². The van der Waals surface area contributed by atoms with Crippen molar-refractivity contribution in [2.75, 3.05) is 11.9 Å². The van der Waals surface area contributed by atoms with E-state index in [2.05, 4.69) is 21.2 Å². The smallest absolute Gasteiger partial charge is 0.337 e. The van der Waals surface area contributed by atoms with Crippen molar-refractivity contribution in [1.29, 1.82) is 5.26 Å². The number of carbonyl (C=O) groups is 1. The van der Waals surface area contributed by atoms with E-state index in [0.717, 1.165) is 0 Å². The topological polar surface area (TPSA) is 93.4 Å². The molecule has 1 unspecified atom stereocenters. The van der Waals surface area contributed by atoms with E-state index < -0.39 is 11.6 Å². The first-order valence-electron chi connectivity index (χ1n) is 4.77. The summed E-state index contributed by atoms with van der Waals surface area (Å²) in [4.78, 5) is 10.7. The highest BCUT2D eigenvalue weighted by Crippen LogP contribution is 2.24. The molecule has 1 aromatic carbocycles. The minimum absolute atomic E-state index is 0.187. The van der Waals surface area contributed by atoms with Crippen LogP contribution in [0.2, 0.25) is 0 Å². The normalized spacial score (nSPS) is 13.5. The lowest BCUT2D eigenvalue weighted by atomic mass is 10.1. The second kappa shape index (κ2) is 5.17. The van der Waals surface area contributed by atoms with Crippen LogP contribution in [0.3, 0.4) is 0 Å². The molecule has 6 heteroatoms. The number of hydrogen-bond donors (Lipinski definition) is 3. The molecule has 0 bridgehead atoms. The standard InChI is InChI=1S/C11H11BrN2O3/c1-11(17,10(15)16)6-14-9-4-2-3-8(12)7(9)5-13/h2-4,14,17H,6H2,1H3,(H,15,16). The summed E-state index contributed by atoms with van der Waals surface area (Å²) in [7, 11) is 0. The lowest BCUT2D eigenvalue weighted by molar-refractivity contribution is -0.155. The van der Waals surface area contributed by atoms with Crippen molar-refractivity contribution in [3.05, 3.63) is 28.2 Å². The number of nitriles is 1. The van der Waals surface area contributed by atoms with Crippen LogP contribution in [0.25, 0.3) is 0 Å². The Hall–Kier alpha value is -1.58. The van der Waals surface area contributed by atoms with Gasteiger partial charge in [-0.2, -0.15) is 5.26 Å². The molecule has 1 rings (SSSR count). The van der Waals surface area contributed by atoms with Crippen LogP contribution in [-0.4, -0.2) is 28.3 Å². The van der Waals surface area contributed by atoms with Crippen LogP contribution in [0.15, 0.2) is 22.7 Å². The van der Waals surface area contributed by atoms with Crippen molar-refractivity contribution in [2.24, 2.45) is 0 Å². The zero-order chi connectivity index (χ0) is 13.1. The summed E-state index contributed by atoms with van der Waals surface area (Å²) < 4.78 is 0.611. The van der Waals surface area contributed by atoms with E-state index in [1.807, 2.05) is 6.07 Å². The molecule has 0 amide bonds. The summed E-state index contributed by atoms with van der Waals surface area (Å²) in [6.45, 7) is 1.000. The third-order valence-corrected chi connectivity index (χ3v) is 2.87. The SMILES string of the molecule is CC(O)(CNc1cccc(Br)c1C#N)C(=O)O. The quantitative estimate of drug-likeness (QED) is 0.784. The van der Waals surface area contributed by atoms with Gasteiger partial charge in [-0.15, -0.1) is 0 Å². The third-order valence-electron chi connectivity index (χ3n) is 2.21. The number of nitrogens with one attached hydrogen (secondary N) is 1. The fraction of sp³-hybridized carbons (Fsp3) is 0.273. The van der Waals surface area contributed by atoms with E-state index in [9.17, 15) is 9.90 Å². The summed E-state index contributed by atoms with van der Waals surface area (Å²) in [6, 6.07) is 7.05. The van der Waals surface area contributed by atoms with Crippen molar-refractivity contribution >= 4 is 27.6 Å². The summed E-state index contributed by atoms with van der Waals surface area (Å²) in [5, 5.41) is 29.9. The van der Waals surface area contributed by atoms with Crippen LogP contribution in [0.4, 0.5) is 5.69 Å². The van der Waals surface area contributed by atoms with Gasteiger partial charge in [-0.1, -0.05) is 6.07 Å². The van der Waals surface area contributed by atoms with Gasteiger partial charge < -0.3 is 15.5 Å². The first-order valence-corrected chi connectivity index (χ1v) is 5.56. The maximum absolute atomic E-state index is 10.7. The zero-order valence-corrected chi connectivity index (χ0v) is 10.7. The molecule has 0 fully saturated rings. The third kappa shape index (κ3) is 3.19. The molecule has 1 atom stereocenters. The van der Waals surface area contributed by atoms with Gasteiger partial charge in [-0.3, -0.25) is 0 Å². The average Bonchev–Trinajstić information content (AvgIpc) is 2.26. The second-order valence-corrected chi connectivity index (χ2v) is 4.56. The highest BCUT2D eigenvalue weighted by molar-refractivity contribution is 9.10. The molecular formula is C11H11BrN2O3. The van der Waals surface area contributed by atoms with E-state index in [0.29, 0.717) is 15.7 Å². The predicted molar refractivity (Wildman–Crippen MR) is 65.6 cm³/mol. The van der Waals surface area contributed by atoms with Crippen molar-refractivity contribution < 1.29 is 15.0 Å². The van der Waals surface area contributed by atoms with Crippen molar-refractivity contribution in [2.45, 2.75) is 12.5 Å². The Morgan fingerprint density at radius 3 is 2.82 bits per heavy atom. The highest BCUT2D eigenvalue weighted by atomic mass is 79.9. The van der Waals surface area contributed by atoms with Crippen LogP contribution in [-0.2, 0) is 4.79 Å². The second-order valence-electron chi connectivity index (χ2n) is 3.71. The minimum Gasteiger partial charge on any atom is -0.479 e. The van der Waals surface area contributed by atoms with Gasteiger partial charge in [0.2, 0.25) is 0 Å². The fourth-order valence-electron chi connectivity index (χ4n) is 1.13. The largest absolute Gasteiger partial charge is 0.479 e. The van der Waals surface area contributed by atoms with Crippen molar-refractivity contribution in [1.82, 2.24) is 0 Å². The van der Waals surface area contributed by atoms with E-state index in [1.54, 1.807) is 18.2 Å². The molecule has 5 nitrogen and oxygen atoms in total. The van der Waals surface area contributed by atoms with Gasteiger partial charge in [-0.05, 0) is 35.0 Å². The molecule has 3 N–H and O–H groups in total. The zero-order valence-electron chi connectivity index (χ0n) is 9.07. The Labute approximate surface area is 107 Å². The molecule has 0 aromatic heterocycles. The van der Waals surface area contributed by atoms with Crippen LogP contribution < -0.4 is 5.32 Å². The Balaban J connectivity index is 2.88. The van der Waals surface area contributed by atoms with Gasteiger partial charge >= 0.3 is 5.97 Å². The Morgan fingerprint density at radius 2 is 2.29 bits per heavy atom. The number of nitrogens with zero attached hydrogens (tertiary/aromatic N) is 1. The maximum atomic E-state index is 10.7. The molecular weight excluding hydrogens is 288 g/mol. The Bertz CT molecular complexity index is 480. The van der Waals surface area contributed by atoms with E-state index >= 15 is 0 Å². The molecule has 0 spiro atoms. The summed E-state index contributed by atoms with van der Waals surface area (Å²) in [6.07, 6.45) is 0. The molecule has 0 saturated heterocycles. The lowest BCUT2D eigenvalue weighted by Gasteiger charge is -2.19. The molecule has 0 aliphatic rings. The molecule has 0 radical (unpaired) electrons. The number of carboxylic acid groups (broad SMARTS) is 1. The Morgan fingerprint density at radius 1 is 1.65 bits per heavy atom. The number of rotatable bonds is 4. The predicted octanol–water partition coefficient (Wildman–Crippen LogP) is 1.57. The lowest BCUT2D eigenvalue weighted by Crippen LogP contribution is -2.41. The number of aliphatic carboxylic acids is 1. The van der Waals surface area contributed by atoms with Gasteiger partial charge in [0.1, 0.15) is 6.07 Å². The van der Waals surface area contributed by atoms with Gasteiger partial charge in [0.05, 0.1) is 17.8 Å². The van der Waals surface area contributed by atoms with Crippen LogP contribution >= 0.6 is 15.9 Å². The molecule has 0 aliphatic heterocycles. The molecule has 90 valence electrons. The van der Waals surface area contributed by atoms with E-state index in [1.165, 1.54) is 6.92 Å². The maximum Gasteiger partial charge on any atom is 0.337 e. The molecule has 0 heterocycles. The summed E-state index contributed by atoms with van der Waals surface area (Å²) >= 11 is 3.22. The van der Waals surface area contributed by atoms with Gasteiger partial charge in [-0.25, -0.2) is 4.79 Å². The van der Waals surface area contributed by atoms with E-state index in [4.69, 9.17) is 10.4 Å². The highest BCUT2D eigenvalue weighted by Gasteiger charge is 2.29. The summed E-state index contributed by atoms with van der Waals surface area (Å²) in [5.74, 6) is -1.32. The van der Waals surface area contributed by atoms with Crippen LogP contribution in [0.5, 0.6) is 0 Å². The minimum atomic E-state index is -1.88. The van der Waals surface area contributed by atoms with Crippen molar-refractivity contribution in [3.8, 4) is 6.07 Å². The number of hydrogen-bond acceptors (Lipinski definition) is 4. The molecule has 1 aromatic rings. The fourth-order valence-corrected chi connectivity index (χ4v) is 1.58. The first kappa shape index (κ1) is 13.5. The number of carboxylic acids is 1. The number of halogens is 1. The average molecular weight is 299 g/mol. The van der Waals surface area contributed by atoms with Crippen LogP contribution in [0.1, 0.15) is 12.5 Å². The summed E-state index contributed by atoms with van der Waals surface area (Å²) in [5.41, 5.74) is -1.04. The number of benzene rings is 1. The van der Waals surface area contributed by atoms with Crippen LogP contribution in [0, 0.1) is 11.3 Å².